The predicted octanol–water partition coefficient (Wildman–Crippen LogP) is 3.25. The van der Waals surface area contributed by atoms with E-state index in [9.17, 15) is 9.90 Å². The summed E-state index contributed by atoms with van der Waals surface area (Å²) < 4.78 is 0. The monoisotopic (exact) mass is 323 g/mol. The third-order valence-electron chi connectivity index (χ3n) is 2.67. The smallest absolute Gasteiger partial charge is 0.272 e. The quantitative estimate of drug-likeness (QED) is 0.672. The van der Waals surface area contributed by atoms with Crippen LogP contribution in [0.2, 0.25) is 10.0 Å². The van der Waals surface area contributed by atoms with Crippen molar-refractivity contribution >= 4 is 34.8 Å². The van der Waals surface area contributed by atoms with E-state index in [2.05, 4.69) is 15.5 Å². The molecule has 108 valence electrons. The third-order valence-corrected chi connectivity index (χ3v) is 3.17. The maximum Gasteiger partial charge on any atom is 0.272 e. The Kier molecular flexibility index (Phi) is 4.77. The van der Waals surface area contributed by atoms with Gasteiger partial charge in [0.05, 0.1) is 16.3 Å². The van der Waals surface area contributed by atoms with Crippen LogP contribution in [-0.2, 0) is 0 Å². The second-order valence-electron chi connectivity index (χ2n) is 4.16. The SMILES string of the molecule is C/C(=N\NC(=O)c1cccnc1)c1cc(Cl)cc(Cl)c1O. The summed E-state index contributed by atoms with van der Waals surface area (Å²) in [6.07, 6.45) is 2.99. The molecule has 0 fully saturated rings. The molecule has 0 saturated heterocycles. The van der Waals surface area contributed by atoms with Crippen molar-refractivity contribution in [3.05, 3.63) is 57.8 Å². The van der Waals surface area contributed by atoms with E-state index in [0.717, 1.165) is 0 Å². The van der Waals surface area contributed by atoms with Crippen molar-refractivity contribution in [2.75, 3.05) is 0 Å². The fraction of sp³-hybridized carbons (Fsp3) is 0.0714. The lowest BCUT2D eigenvalue weighted by atomic mass is 10.1. The number of aromatic nitrogens is 1. The maximum absolute atomic E-state index is 11.8. The summed E-state index contributed by atoms with van der Waals surface area (Å²) in [5.74, 6) is -0.548. The number of phenols is 1. The van der Waals surface area contributed by atoms with Crippen LogP contribution in [0.15, 0.2) is 41.8 Å². The van der Waals surface area contributed by atoms with Crippen LogP contribution >= 0.6 is 23.2 Å². The number of hydrogen-bond donors (Lipinski definition) is 2. The van der Waals surface area contributed by atoms with Crippen LogP contribution < -0.4 is 5.43 Å². The number of amides is 1. The normalized spacial score (nSPS) is 11.3. The molecular formula is C14H11Cl2N3O2. The van der Waals surface area contributed by atoms with E-state index in [1.807, 2.05) is 0 Å². The highest BCUT2D eigenvalue weighted by atomic mass is 35.5. The van der Waals surface area contributed by atoms with Gasteiger partial charge in [0, 0.05) is 23.0 Å². The molecule has 5 nitrogen and oxygen atoms in total. The number of hydrogen-bond acceptors (Lipinski definition) is 4. The number of carbonyl (C=O) groups is 1. The molecule has 2 aromatic rings. The minimum Gasteiger partial charge on any atom is -0.506 e. The zero-order chi connectivity index (χ0) is 15.4. The maximum atomic E-state index is 11.8. The van der Waals surface area contributed by atoms with Crippen molar-refractivity contribution in [2.45, 2.75) is 6.92 Å². The van der Waals surface area contributed by atoms with Gasteiger partial charge in [-0.05, 0) is 31.2 Å². The molecule has 1 aromatic carbocycles. The third kappa shape index (κ3) is 3.71. The van der Waals surface area contributed by atoms with Crippen molar-refractivity contribution in [3.63, 3.8) is 0 Å². The first-order chi connectivity index (χ1) is 9.99. The van der Waals surface area contributed by atoms with Crippen LogP contribution in [-0.4, -0.2) is 21.7 Å². The Balaban J connectivity index is 2.21. The molecule has 0 spiro atoms. The molecule has 0 aliphatic rings. The Morgan fingerprint density at radius 1 is 1.38 bits per heavy atom. The van der Waals surface area contributed by atoms with Gasteiger partial charge in [-0.2, -0.15) is 5.10 Å². The Hall–Kier alpha value is -2.11. The Morgan fingerprint density at radius 2 is 2.14 bits per heavy atom. The van der Waals surface area contributed by atoms with Crippen molar-refractivity contribution in [2.24, 2.45) is 5.10 Å². The number of pyridine rings is 1. The van der Waals surface area contributed by atoms with E-state index in [0.29, 0.717) is 21.9 Å². The van der Waals surface area contributed by atoms with Crippen LogP contribution in [0.5, 0.6) is 5.75 Å². The molecule has 0 aliphatic heterocycles. The minimum absolute atomic E-state index is 0.116. The summed E-state index contributed by atoms with van der Waals surface area (Å²) in [6.45, 7) is 1.62. The Labute approximate surface area is 131 Å². The lowest BCUT2D eigenvalue weighted by Crippen LogP contribution is -2.19. The van der Waals surface area contributed by atoms with Gasteiger partial charge >= 0.3 is 0 Å². The Morgan fingerprint density at radius 3 is 2.81 bits per heavy atom. The standard InChI is InChI=1S/C14H11Cl2N3O2/c1-8(11-5-10(15)6-12(16)13(11)20)18-19-14(21)9-3-2-4-17-7-9/h2-7,20H,1H3,(H,19,21)/b18-8+. The van der Waals surface area contributed by atoms with E-state index < -0.39 is 5.91 Å². The fourth-order valence-electron chi connectivity index (χ4n) is 1.60. The second-order valence-corrected chi connectivity index (χ2v) is 5.01. The molecular weight excluding hydrogens is 313 g/mol. The number of aromatic hydroxyl groups is 1. The highest BCUT2D eigenvalue weighted by Gasteiger charge is 2.11. The number of rotatable bonds is 3. The summed E-state index contributed by atoms with van der Waals surface area (Å²) in [6, 6.07) is 6.19. The number of nitrogens with one attached hydrogen (secondary N) is 1. The fourth-order valence-corrected chi connectivity index (χ4v) is 2.09. The average molecular weight is 324 g/mol. The minimum atomic E-state index is -0.407. The molecule has 2 N–H and O–H groups in total. The van der Waals surface area contributed by atoms with Crippen LogP contribution in [0.1, 0.15) is 22.8 Å². The number of nitrogens with zero attached hydrogens (tertiary/aromatic N) is 2. The number of carbonyl (C=O) groups excluding carboxylic acids is 1. The van der Waals surface area contributed by atoms with E-state index >= 15 is 0 Å². The molecule has 1 aromatic heterocycles. The van der Waals surface area contributed by atoms with E-state index in [1.165, 1.54) is 18.3 Å². The highest BCUT2D eigenvalue weighted by molar-refractivity contribution is 6.36. The van der Waals surface area contributed by atoms with Gasteiger partial charge in [0.1, 0.15) is 5.75 Å². The van der Waals surface area contributed by atoms with Crippen molar-refractivity contribution in [1.82, 2.24) is 10.4 Å². The first kappa shape index (κ1) is 15.3. The lowest BCUT2D eigenvalue weighted by molar-refractivity contribution is 0.0954. The molecule has 0 atom stereocenters. The molecule has 7 heteroatoms. The highest BCUT2D eigenvalue weighted by Crippen LogP contribution is 2.31. The zero-order valence-corrected chi connectivity index (χ0v) is 12.5. The van der Waals surface area contributed by atoms with Gasteiger partial charge in [-0.3, -0.25) is 9.78 Å². The van der Waals surface area contributed by atoms with Crippen LogP contribution in [0, 0.1) is 0 Å². The topological polar surface area (TPSA) is 74.6 Å². The number of phenolic OH excluding ortho intramolecular Hbond substituents is 1. The van der Waals surface area contributed by atoms with Crippen LogP contribution in [0.25, 0.3) is 0 Å². The van der Waals surface area contributed by atoms with Crippen molar-refractivity contribution in [3.8, 4) is 5.75 Å². The first-order valence-corrected chi connectivity index (χ1v) is 6.67. The Bertz CT molecular complexity index is 703. The molecule has 0 aliphatic carbocycles. The number of hydrazone groups is 1. The van der Waals surface area contributed by atoms with Crippen LogP contribution in [0.4, 0.5) is 0 Å². The summed E-state index contributed by atoms with van der Waals surface area (Å²) in [7, 11) is 0. The van der Waals surface area contributed by atoms with Gasteiger partial charge in [0.25, 0.3) is 5.91 Å². The summed E-state index contributed by atoms with van der Waals surface area (Å²) >= 11 is 11.7. The summed E-state index contributed by atoms with van der Waals surface area (Å²) in [5, 5.41) is 14.3. The summed E-state index contributed by atoms with van der Waals surface area (Å²) in [4.78, 5) is 15.7. The van der Waals surface area contributed by atoms with E-state index in [4.69, 9.17) is 23.2 Å². The molecule has 2 rings (SSSR count). The van der Waals surface area contributed by atoms with Gasteiger partial charge < -0.3 is 5.11 Å². The molecule has 21 heavy (non-hydrogen) atoms. The predicted molar refractivity (Wildman–Crippen MR) is 82.0 cm³/mol. The van der Waals surface area contributed by atoms with Gasteiger partial charge in [-0.1, -0.05) is 23.2 Å². The number of benzene rings is 1. The van der Waals surface area contributed by atoms with Gasteiger partial charge in [0.2, 0.25) is 0 Å². The van der Waals surface area contributed by atoms with E-state index in [-0.39, 0.29) is 10.8 Å². The number of halogens is 2. The molecule has 0 radical (unpaired) electrons. The lowest BCUT2D eigenvalue weighted by Gasteiger charge is -2.07. The van der Waals surface area contributed by atoms with E-state index in [1.54, 1.807) is 25.3 Å². The largest absolute Gasteiger partial charge is 0.506 e. The average Bonchev–Trinajstić information content (AvgIpc) is 2.49. The van der Waals surface area contributed by atoms with Gasteiger partial charge in [-0.25, -0.2) is 5.43 Å². The van der Waals surface area contributed by atoms with Crippen molar-refractivity contribution < 1.29 is 9.90 Å². The second kappa shape index (κ2) is 6.56. The molecule has 1 heterocycles. The van der Waals surface area contributed by atoms with Crippen LogP contribution in [0.3, 0.4) is 0 Å². The molecule has 1 amide bonds. The first-order valence-electron chi connectivity index (χ1n) is 5.92. The molecule has 0 bridgehead atoms. The van der Waals surface area contributed by atoms with Gasteiger partial charge in [0.15, 0.2) is 0 Å². The molecule has 0 saturated carbocycles. The van der Waals surface area contributed by atoms with Crippen molar-refractivity contribution in [1.29, 1.82) is 0 Å². The summed E-state index contributed by atoms with van der Waals surface area (Å²) in [5.41, 5.74) is 3.47. The van der Waals surface area contributed by atoms with Gasteiger partial charge in [-0.15, -0.1) is 0 Å². The zero-order valence-electron chi connectivity index (χ0n) is 11.0. The molecule has 0 unspecified atom stereocenters.